The molecule has 0 aliphatic carbocycles. The molecule has 0 unspecified atom stereocenters. The van der Waals surface area contributed by atoms with Crippen molar-refractivity contribution in [3.8, 4) is 22.9 Å². The summed E-state index contributed by atoms with van der Waals surface area (Å²) in [5.41, 5.74) is 3.77. The largest absolute Gasteiger partial charge is 0.508 e. The quantitative estimate of drug-likeness (QED) is 0.673. The molecule has 2 N–H and O–H groups in total. The Morgan fingerprint density at radius 3 is 2.74 bits per heavy atom. The van der Waals surface area contributed by atoms with Crippen LogP contribution in [0.25, 0.3) is 11.4 Å². The first-order valence-electron chi connectivity index (χ1n) is 8.07. The minimum absolute atomic E-state index is 0.196. The summed E-state index contributed by atoms with van der Waals surface area (Å²) in [4.78, 5) is 12.0. The first kappa shape index (κ1) is 17.1. The van der Waals surface area contributed by atoms with Gasteiger partial charge in [0, 0.05) is 12.6 Å². The number of hydrazone groups is 1. The fourth-order valence-corrected chi connectivity index (χ4v) is 3.31. The predicted molar refractivity (Wildman–Crippen MR) is 101 cm³/mol. The number of aromatic hydroxyl groups is 1. The minimum Gasteiger partial charge on any atom is -0.508 e. The van der Waals surface area contributed by atoms with Crippen LogP contribution < -0.4 is 10.2 Å². The van der Waals surface area contributed by atoms with Gasteiger partial charge in [0.2, 0.25) is 5.90 Å². The summed E-state index contributed by atoms with van der Waals surface area (Å²) in [6.07, 6.45) is 0. The number of thioether (sulfide) groups is 1. The number of benzene rings is 2. The number of amides is 1. The van der Waals surface area contributed by atoms with E-state index in [-0.39, 0.29) is 11.7 Å². The van der Waals surface area contributed by atoms with Gasteiger partial charge in [-0.05, 0) is 36.4 Å². The maximum Gasteiger partial charge on any atom is 0.275 e. The summed E-state index contributed by atoms with van der Waals surface area (Å²) in [5, 5.41) is 22.5. The summed E-state index contributed by atoms with van der Waals surface area (Å²) >= 11 is 1.39. The van der Waals surface area contributed by atoms with Crippen molar-refractivity contribution in [2.45, 2.75) is 5.16 Å². The van der Waals surface area contributed by atoms with Crippen LogP contribution in [0.5, 0.6) is 11.5 Å². The van der Waals surface area contributed by atoms with Gasteiger partial charge in [0.15, 0.2) is 11.0 Å². The summed E-state index contributed by atoms with van der Waals surface area (Å²) in [6.45, 7) is 0. The number of phenolic OH excluding ortho intramolecular Hbond substituents is 1. The van der Waals surface area contributed by atoms with E-state index in [0.717, 1.165) is 5.56 Å². The number of aromatic nitrogens is 3. The molecule has 2 heterocycles. The second-order valence-corrected chi connectivity index (χ2v) is 6.69. The second kappa shape index (κ2) is 7.12. The Hall–Kier alpha value is -3.33. The molecule has 1 aliphatic heterocycles. The van der Waals surface area contributed by atoms with Gasteiger partial charge in [-0.1, -0.05) is 23.9 Å². The average molecular weight is 381 g/mol. The lowest BCUT2D eigenvalue weighted by molar-refractivity contribution is 0.0955. The Balaban J connectivity index is 1.50. The number of carbonyl (C=O) groups excluding carboxylic acids is 1. The number of ether oxygens (including phenoxy) is 1. The number of carbonyl (C=O) groups is 1. The molecule has 2 aromatic carbocycles. The third-order valence-corrected chi connectivity index (χ3v) is 4.93. The Kier molecular flexibility index (Phi) is 4.51. The van der Waals surface area contributed by atoms with E-state index in [1.807, 2.05) is 11.6 Å². The molecule has 4 rings (SSSR count). The van der Waals surface area contributed by atoms with Crippen LogP contribution in [-0.4, -0.2) is 37.4 Å². The van der Waals surface area contributed by atoms with E-state index in [9.17, 15) is 9.90 Å². The normalized spacial score (nSPS) is 13.2. The van der Waals surface area contributed by atoms with Gasteiger partial charge in [-0.25, -0.2) is 5.43 Å². The number of phenols is 1. The fourth-order valence-electron chi connectivity index (χ4n) is 2.56. The van der Waals surface area contributed by atoms with Crippen molar-refractivity contribution in [2.24, 2.45) is 12.1 Å². The van der Waals surface area contributed by atoms with Crippen molar-refractivity contribution in [1.29, 1.82) is 0 Å². The van der Waals surface area contributed by atoms with E-state index in [1.54, 1.807) is 48.5 Å². The van der Waals surface area contributed by atoms with Gasteiger partial charge in [-0.3, -0.25) is 4.79 Å². The molecule has 136 valence electrons. The van der Waals surface area contributed by atoms with E-state index in [1.165, 1.54) is 11.8 Å². The van der Waals surface area contributed by atoms with Crippen LogP contribution >= 0.6 is 11.8 Å². The summed E-state index contributed by atoms with van der Waals surface area (Å²) in [7, 11) is 1.86. The zero-order valence-electron chi connectivity index (χ0n) is 14.3. The molecule has 0 saturated heterocycles. The van der Waals surface area contributed by atoms with E-state index < -0.39 is 0 Å². The maximum absolute atomic E-state index is 12.0. The van der Waals surface area contributed by atoms with Crippen LogP contribution in [0.15, 0.2) is 58.8 Å². The molecule has 1 amide bonds. The maximum atomic E-state index is 12.0. The minimum atomic E-state index is -0.307. The van der Waals surface area contributed by atoms with Crippen molar-refractivity contribution in [2.75, 3.05) is 5.75 Å². The van der Waals surface area contributed by atoms with Gasteiger partial charge < -0.3 is 14.4 Å². The lowest BCUT2D eigenvalue weighted by Crippen LogP contribution is -2.18. The second-order valence-electron chi connectivity index (χ2n) is 5.75. The highest BCUT2D eigenvalue weighted by Crippen LogP contribution is 2.25. The first-order valence-corrected chi connectivity index (χ1v) is 9.06. The Bertz CT molecular complexity index is 1030. The summed E-state index contributed by atoms with van der Waals surface area (Å²) in [6, 6.07) is 13.7. The molecule has 1 aliphatic rings. The molecule has 0 spiro atoms. The van der Waals surface area contributed by atoms with Crippen LogP contribution in [0.2, 0.25) is 0 Å². The lowest BCUT2D eigenvalue weighted by atomic mass is 10.2. The molecule has 0 saturated carbocycles. The lowest BCUT2D eigenvalue weighted by Gasteiger charge is -2.07. The number of fused-ring (bicyclic) bond motifs is 1. The number of nitrogens with zero attached hydrogens (tertiary/aromatic N) is 4. The zero-order valence-corrected chi connectivity index (χ0v) is 15.1. The molecule has 0 bridgehead atoms. The fraction of sp³-hybridized carbons (Fsp3) is 0.111. The molecule has 9 heteroatoms. The van der Waals surface area contributed by atoms with E-state index in [2.05, 4.69) is 20.7 Å². The van der Waals surface area contributed by atoms with Crippen LogP contribution in [0, 0.1) is 0 Å². The number of nitrogens with one attached hydrogen (secondary N) is 1. The van der Waals surface area contributed by atoms with Gasteiger partial charge in [-0.15, -0.1) is 15.3 Å². The number of hydrogen-bond acceptors (Lipinski definition) is 7. The Morgan fingerprint density at radius 1 is 1.15 bits per heavy atom. The van der Waals surface area contributed by atoms with Gasteiger partial charge >= 0.3 is 0 Å². The summed E-state index contributed by atoms with van der Waals surface area (Å²) < 4.78 is 7.60. The Labute approximate surface area is 158 Å². The number of hydrogen-bond donors (Lipinski definition) is 2. The number of para-hydroxylation sites is 1. The molecule has 0 radical (unpaired) electrons. The van der Waals surface area contributed by atoms with Crippen molar-refractivity contribution >= 4 is 23.6 Å². The number of rotatable bonds is 4. The predicted octanol–water partition coefficient (Wildman–Crippen LogP) is 2.42. The zero-order chi connectivity index (χ0) is 18.8. The highest BCUT2D eigenvalue weighted by atomic mass is 32.2. The van der Waals surface area contributed by atoms with Crippen molar-refractivity contribution in [3.63, 3.8) is 0 Å². The average Bonchev–Trinajstić information content (AvgIpc) is 2.96. The van der Waals surface area contributed by atoms with Gasteiger partial charge in [-0.2, -0.15) is 0 Å². The highest BCUT2D eigenvalue weighted by Gasteiger charge is 2.19. The van der Waals surface area contributed by atoms with Crippen molar-refractivity contribution < 1.29 is 14.6 Å². The molecule has 1 aromatic heterocycles. The van der Waals surface area contributed by atoms with Gasteiger partial charge in [0.25, 0.3) is 5.91 Å². The van der Waals surface area contributed by atoms with Gasteiger partial charge in [0.1, 0.15) is 11.5 Å². The van der Waals surface area contributed by atoms with Crippen molar-refractivity contribution in [3.05, 3.63) is 54.1 Å². The Morgan fingerprint density at radius 2 is 1.93 bits per heavy atom. The third kappa shape index (κ3) is 3.49. The van der Waals surface area contributed by atoms with Crippen LogP contribution in [0.1, 0.15) is 10.4 Å². The molecular weight excluding hydrogens is 366 g/mol. The van der Waals surface area contributed by atoms with Crippen LogP contribution in [0.4, 0.5) is 0 Å². The SMILES string of the molecule is Cn1c(SCC2=NNC(=O)c3ccccc3O2)nnc1-c1ccc(O)cc1. The topological polar surface area (TPSA) is 102 Å². The standard InChI is InChI=1S/C18H15N5O3S/c1-23-16(11-6-8-12(24)9-7-11)20-22-18(23)27-10-15-19-21-17(25)13-4-2-3-5-14(13)26-15/h2-9,24H,10H2,1H3,(H,21,25). The monoisotopic (exact) mass is 381 g/mol. The van der Waals surface area contributed by atoms with Crippen molar-refractivity contribution in [1.82, 2.24) is 20.2 Å². The smallest absolute Gasteiger partial charge is 0.275 e. The highest BCUT2D eigenvalue weighted by molar-refractivity contribution is 7.99. The summed E-state index contributed by atoms with van der Waals surface area (Å²) in [5.74, 6) is 1.78. The molecule has 8 nitrogen and oxygen atoms in total. The molecule has 3 aromatic rings. The third-order valence-electron chi connectivity index (χ3n) is 3.93. The molecular formula is C18H15N5O3S. The van der Waals surface area contributed by atoms with E-state index in [0.29, 0.717) is 33.9 Å². The van der Waals surface area contributed by atoms with E-state index >= 15 is 0 Å². The van der Waals surface area contributed by atoms with Crippen LogP contribution in [-0.2, 0) is 7.05 Å². The molecule has 27 heavy (non-hydrogen) atoms. The molecule has 0 atom stereocenters. The molecule has 0 fully saturated rings. The van der Waals surface area contributed by atoms with Crippen LogP contribution in [0.3, 0.4) is 0 Å². The first-order chi connectivity index (χ1) is 13.1. The van der Waals surface area contributed by atoms with Gasteiger partial charge in [0.05, 0.1) is 11.3 Å². The van der Waals surface area contributed by atoms with E-state index in [4.69, 9.17) is 4.74 Å².